The molecule has 1 aliphatic heterocycles. The zero-order valence-electron chi connectivity index (χ0n) is 19.1. The van der Waals surface area contributed by atoms with Gasteiger partial charge in [0.25, 0.3) is 11.8 Å². The van der Waals surface area contributed by atoms with Gasteiger partial charge in [-0.2, -0.15) is 0 Å². The van der Waals surface area contributed by atoms with Crippen molar-refractivity contribution in [2.24, 2.45) is 5.92 Å². The molecule has 32 heavy (non-hydrogen) atoms. The molecule has 1 aliphatic carbocycles. The lowest BCUT2D eigenvalue weighted by Gasteiger charge is -2.29. The summed E-state index contributed by atoms with van der Waals surface area (Å²) in [6.45, 7) is 5.50. The topological polar surface area (TPSA) is 71.4 Å². The van der Waals surface area contributed by atoms with Crippen molar-refractivity contribution in [3.63, 3.8) is 0 Å². The summed E-state index contributed by atoms with van der Waals surface area (Å²) in [5.74, 6) is -0.195. The number of carbonyl (C=O) groups excluding carboxylic acids is 2. The summed E-state index contributed by atoms with van der Waals surface area (Å²) in [7, 11) is 0. The van der Waals surface area contributed by atoms with Crippen LogP contribution in [0.4, 0.5) is 0 Å². The number of carbonyl (C=O) groups is 2. The summed E-state index contributed by atoms with van der Waals surface area (Å²) < 4.78 is 1.90. The first kappa shape index (κ1) is 22.3. The predicted octanol–water partition coefficient (Wildman–Crippen LogP) is 3.77. The number of rotatable bonds is 5. The third-order valence-electron chi connectivity index (χ3n) is 6.59. The van der Waals surface area contributed by atoms with E-state index in [0.29, 0.717) is 19.0 Å². The molecule has 2 aliphatic rings. The Balaban J connectivity index is 1.66. The van der Waals surface area contributed by atoms with E-state index in [9.17, 15) is 14.4 Å². The number of nitrogens with zero attached hydrogens (tertiary/aromatic N) is 2. The minimum Gasteiger partial charge on any atom is -0.352 e. The molecule has 0 radical (unpaired) electrons. The van der Waals surface area contributed by atoms with Crippen molar-refractivity contribution in [3.8, 4) is 0 Å². The van der Waals surface area contributed by atoms with Gasteiger partial charge in [-0.05, 0) is 50.2 Å². The maximum Gasteiger partial charge on any atom is 0.259 e. The van der Waals surface area contributed by atoms with E-state index < -0.39 is 11.3 Å². The van der Waals surface area contributed by atoms with Crippen LogP contribution in [0.5, 0.6) is 0 Å². The number of aromatic nitrogens is 1. The van der Waals surface area contributed by atoms with Crippen molar-refractivity contribution >= 4 is 11.8 Å². The van der Waals surface area contributed by atoms with Gasteiger partial charge in [0.1, 0.15) is 11.1 Å². The molecule has 1 fully saturated rings. The summed E-state index contributed by atoms with van der Waals surface area (Å²) in [6, 6.07) is 8.01. The van der Waals surface area contributed by atoms with Gasteiger partial charge in [0.05, 0.1) is 0 Å². The molecular formula is C26H33N3O3. The number of hydrogen-bond donors (Lipinski definition) is 1. The molecule has 6 nitrogen and oxygen atoms in total. The molecule has 0 unspecified atom stereocenters. The number of nitrogens with one attached hydrogen (secondary N) is 1. The van der Waals surface area contributed by atoms with Crippen LogP contribution < -0.4 is 10.7 Å². The quantitative estimate of drug-likeness (QED) is 0.777. The lowest BCUT2D eigenvalue weighted by Crippen LogP contribution is -2.41. The third kappa shape index (κ3) is 4.95. The van der Waals surface area contributed by atoms with Crippen molar-refractivity contribution in [1.82, 2.24) is 14.8 Å². The molecule has 1 aromatic carbocycles. The summed E-state index contributed by atoms with van der Waals surface area (Å²) in [6.07, 6.45) is 10.1. The predicted molar refractivity (Wildman–Crippen MR) is 125 cm³/mol. The van der Waals surface area contributed by atoms with E-state index in [2.05, 4.69) is 11.4 Å². The van der Waals surface area contributed by atoms with Crippen LogP contribution in [0.3, 0.4) is 0 Å². The first-order valence-corrected chi connectivity index (χ1v) is 11.8. The Hall–Kier alpha value is -2.89. The smallest absolute Gasteiger partial charge is 0.259 e. The largest absolute Gasteiger partial charge is 0.352 e. The van der Waals surface area contributed by atoms with Crippen LogP contribution in [0.1, 0.15) is 77.8 Å². The van der Waals surface area contributed by atoms with Crippen LogP contribution in [0.15, 0.2) is 41.5 Å². The van der Waals surface area contributed by atoms with Crippen molar-refractivity contribution in [2.45, 2.75) is 71.5 Å². The molecule has 170 valence electrons. The van der Waals surface area contributed by atoms with Crippen LogP contribution >= 0.6 is 0 Å². The van der Waals surface area contributed by atoms with E-state index in [-0.39, 0.29) is 23.1 Å². The highest BCUT2D eigenvalue weighted by atomic mass is 16.2. The van der Waals surface area contributed by atoms with E-state index in [1.165, 1.54) is 24.8 Å². The van der Waals surface area contributed by atoms with Crippen LogP contribution in [-0.4, -0.2) is 33.9 Å². The van der Waals surface area contributed by atoms with Crippen LogP contribution in [0, 0.1) is 5.92 Å². The first-order chi connectivity index (χ1) is 15.4. The summed E-state index contributed by atoms with van der Waals surface area (Å²) in [5.41, 5.74) is 2.03. The number of benzene rings is 1. The molecule has 0 atom stereocenters. The normalized spacial score (nSPS) is 16.7. The third-order valence-corrected chi connectivity index (χ3v) is 6.59. The lowest BCUT2D eigenvalue weighted by atomic mass is 9.89. The highest BCUT2D eigenvalue weighted by molar-refractivity contribution is 5.99. The molecule has 0 bridgehead atoms. The second-order valence-electron chi connectivity index (χ2n) is 9.49. The fraction of sp³-hybridized carbons (Fsp3) is 0.500. The van der Waals surface area contributed by atoms with Crippen molar-refractivity contribution in [2.75, 3.05) is 6.54 Å². The highest BCUT2D eigenvalue weighted by Crippen LogP contribution is 2.25. The molecule has 1 saturated carbocycles. The van der Waals surface area contributed by atoms with Crippen molar-refractivity contribution in [1.29, 1.82) is 0 Å². The Kier molecular flexibility index (Phi) is 6.77. The molecule has 0 spiro atoms. The average molecular weight is 436 g/mol. The molecular weight excluding hydrogens is 402 g/mol. The molecule has 1 aromatic heterocycles. The number of fused-ring (bicyclic) bond motifs is 1. The second-order valence-corrected chi connectivity index (χ2v) is 9.49. The van der Waals surface area contributed by atoms with Crippen molar-refractivity contribution in [3.05, 3.63) is 69.1 Å². The van der Waals surface area contributed by atoms with Crippen LogP contribution in [-0.2, 0) is 19.5 Å². The number of pyridine rings is 1. The van der Waals surface area contributed by atoms with Crippen molar-refractivity contribution < 1.29 is 9.59 Å². The highest BCUT2D eigenvalue weighted by Gasteiger charge is 2.27. The molecule has 1 N–H and O–H groups in total. The van der Waals surface area contributed by atoms with Gasteiger partial charge in [-0.1, -0.05) is 43.5 Å². The maximum atomic E-state index is 13.5. The van der Waals surface area contributed by atoms with Gasteiger partial charge >= 0.3 is 0 Å². The minimum absolute atomic E-state index is 0.0535. The van der Waals surface area contributed by atoms with Gasteiger partial charge < -0.3 is 14.8 Å². The van der Waals surface area contributed by atoms with Crippen LogP contribution in [0.25, 0.3) is 0 Å². The average Bonchev–Trinajstić information content (AvgIpc) is 2.79. The maximum absolute atomic E-state index is 13.5. The van der Waals surface area contributed by atoms with E-state index in [4.69, 9.17) is 0 Å². The Morgan fingerprint density at radius 3 is 2.44 bits per heavy atom. The summed E-state index contributed by atoms with van der Waals surface area (Å²) >= 11 is 0. The Labute approximate surface area is 189 Å². The van der Waals surface area contributed by atoms with Gasteiger partial charge in [0.15, 0.2) is 0 Å². The zero-order valence-corrected chi connectivity index (χ0v) is 19.1. The van der Waals surface area contributed by atoms with Gasteiger partial charge in [-0.15, -0.1) is 0 Å². The standard InChI is InChI=1S/C26H33N3O3/c1-18(2)27-25(31)22-16-28(14-19-8-4-3-5-9-19)17-23(24(22)30)26(32)29-13-12-20-10-6-7-11-21(20)15-29/h6-7,10-11,16-19H,3-5,8-9,12-15H2,1-2H3,(H,27,31). The van der Waals surface area contributed by atoms with Crippen LogP contribution in [0.2, 0.25) is 0 Å². The summed E-state index contributed by atoms with van der Waals surface area (Å²) in [5, 5.41) is 2.81. The molecule has 2 aromatic rings. The lowest BCUT2D eigenvalue weighted by molar-refractivity contribution is 0.0732. The van der Waals surface area contributed by atoms with E-state index >= 15 is 0 Å². The second kappa shape index (κ2) is 9.72. The summed E-state index contributed by atoms with van der Waals surface area (Å²) in [4.78, 5) is 41.2. The first-order valence-electron chi connectivity index (χ1n) is 11.8. The van der Waals surface area contributed by atoms with Gasteiger partial charge in [-0.3, -0.25) is 14.4 Å². The Morgan fingerprint density at radius 2 is 1.72 bits per heavy atom. The SMILES string of the molecule is CC(C)NC(=O)c1cn(CC2CCCCC2)cc(C(=O)N2CCc3ccccc3C2)c1=O. The van der Waals surface area contributed by atoms with E-state index in [1.807, 2.05) is 36.6 Å². The molecule has 0 saturated heterocycles. The number of hydrogen-bond acceptors (Lipinski definition) is 3. The van der Waals surface area contributed by atoms with E-state index in [0.717, 1.165) is 31.4 Å². The van der Waals surface area contributed by atoms with Gasteiger partial charge in [0, 0.05) is 38.1 Å². The fourth-order valence-corrected chi connectivity index (χ4v) is 4.90. The van der Waals surface area contributed by atoms with Gasteiger partial charge in [0.2, 0.25) is 5.43 Å². The molecule has 2 heterocycles. The zero-order chi connectivity index (χ0) is 22.7. The Morgan fingerprint density at radius 1 is 1.03 bits per heavy atom. The Bertz CT molecular complexity index is 1050. The number of amides is 2. The van der Waals surface area contributed by atoms with E-state index in [1.54, 1.807) is 17.3 Å². The molecule has 4 rings (SSSR count). The molecule has 2 amide bonds. The minimum atomic E-state index is -0.480. The molecule has 6 heteroatoms. The van der Waals surface area contributed by atoms with Gasteiger partial charge in [-0.25, -0.2) is 0 Å². The fourth-order valence-electron chi connectivity index (χ4n) is 4.90. The monoisotopic (exact) mass is 435 g/mol.